The Hall–Kier alpha value is -1.93. The predicted octanol–water partition coefficient (Wildman–Crippen LogP) is 3.11. The first kappa shape index (κ1) is 17.4. The third-order valence-corrected chi connectivity index (χ3v) is 3.96. The summed E-state index contributed by atoms with van der Waals surface area (Å²) in [6.45, 7) is 4.70. The van der Waals surface area contributed by atoms with Gasteiger partial charge in [-0.1, -0.05) is 18.3 Å². The van der Waals surface area contributed by atoms with E-state index < -0.39 is 11.7 Å². The smallest absolute Gasteiger partial charge is 0.312 e. The maximum atomic E-state index is 12.6. The van der Waals surface area contributed by atoms with Crippen LogP contribution in [-0.2, 0) is 17.5 Å². The van der Waals surface area contributed by atoms with Crippen LogP contribution in [0.2, 0.25) is 0 Å². The molecule has 0 atom stereocenters. The van der Waals surface area contributed by atoms with E-state index >= 15 is 0 Å². The largest absolute Gasteiger partial charge is 0.416 e. The summed E-state index contributed by atoms with van der Waals surface area (Å²) in [6.07, 6.45) is -2.60. The molecule has 0 aliphatic rings. The molecule has 0 saturated carbocycles. The fourth-order valence-electron chi connectivity index (χ4n) is 1.93. The summed E-state index contributed by atoms with van der Waals surface area (Å²) in [5.74, 6) is -0.359. The Labute approximate surface area is 135 Å². The SMILES string of the molecule is CCNCc1cn(-c2ccc(C(F)(F)F)cc2)/c(=N/C(C)=O)s1. The predicted molar refractivity (Wildman–Crippen MR) is 82.3 cm³/mol. The van der Waals surface area contributed by atoms with E-state index in [0.717, 1.165) is 23.6 Å². The molecule has 4 nitrogen and oxygen atoms in total. The maximum Gasteiger partial charge on any atom is 0.416 e. The number of hydrogen-bond acceptors (Lipinski definition) is 3. The van der Waals surface area contributed by atoms with E-state index in [9.17, 15) is 18.0 Å². The number of carbonyl (C=O) groups is 1. The first-order valence-corrected chi connectivity index (χ1v) is 7.78. The van der Waals surface area contributed by atoms with Crippen LogP contribution in [0.15, 0.2) is 35.5 Å². The minimum Gasteiger partial charge on any atom is -0.312 e. The molecule has 1 aromatic carbocycles. The van der Waals surface area contributed by atoms with Crippen molar-refractivity contribution >= 4 is 17.2 Å². The van der Waals surface area contributed by atoms with Crippen LogP contribution < -0.4 is 10.1 Å². The Kier molecular flexibility index (Phi) is 5.38. The monoisotopic (exact) mass is 343 g/mol. The second kappa shape index (κ2) is 7.10. The van der Waals surface area contributed by atoms with Gasteiger partial charge in [-0.25, -0.2) is 0 Å². The summed E-state index contributed by atoms with van der Waals surface area (Å²) in [6, 6.07) is 4.76. The number of thiazole rings is 1. The van der Waals surface area contributed by atoms with Gasteiger partial charge in [0, 0.05) is 30.2 Å². The van der Waals surface area contributed by atoms with Crippen LogP contribution in [0.5, 0.6) is 0 Å². The number of alkyl halides is 3. The van der Waals surface area contributed by atoms with Crippen molar-refractivity contribution < 1.29 is 18.0 Å². The standard InChI is InChI=1S/C15H16F3N3OS/c1-3-19-8-13-9-21(14(23-13)20-10(2)22)12-6-4-11(5-7-12)15(16,17)18/h4-7,9,19H,3,8H2,1-2H3/b20-14-. The minimum absolute atomic E-state index is 0.359. The molecular formula is C15H16F3N3OS. The highest BCUT2D eigenvalue weighted by molar-refractivity contribution is 7.09. The van der Waals surface area contributed by atoms with Gasteiger partial charge < -0.3 is 5.32 Å². The number of nitrogens with zero attached hydrogens (tertiary/aromatic N) is 2. The van der Waals surface area contributed by atoms with E-state index in [4.69, 9.17) is 0 Å². The number of halogens is 3. The molecule has 0 aliphatic carbocycles. The molecule has 1 N–H and O–H groups in total. The summed E-state index contributed by atoms with van der Waals surface area (Å²) in [5, 5.41) is 3.16. The molecule has 1 aromatic heterocycles. The fraction of sp³-hybridized carbons (Fsp3) is 0.333. The molecule has 124 valence electrons. The van der Waals surface area contributed by atoms with Crippen LogP contribution in [-0.4, -0.2) is 17.0 Å². The Morgan fingerprint density at radius 2 is 1.96 bits per heavy atom. The molecule has 1 amide bonds. The number of amides is 1. The molecule has 2 rings (SSSR count). The molecule has 0 saturated heterocycles. The van der Waals surface area contributed by atoms with Crippen molar-refractivity contribution in [3.05, 3.63) is 45.7 Å². The van der Waals surface area contributed by atoms with Crippen LogP contribution in [0.1, 0.15) is 24.3 Å². The van der Waals surface area contributed by atoms with E-state index in [1.807, 2.05) is 6.92 Å². The summed E-state index contributed by atoms with van der Waals surface area (Å²) in [4.78, 5) is 16.6. The highest BCUT2D eigenvalue weighted by Crippen LogP contribution is 2.29. The van der Waals surface area contributed by atoms with Crippen LogP contribution in [0, 0.1) is 0 Å². The lowest BCUT2D eigenvalue weighted by Crippen LogP contribution is -2.14. The molecule has 0 radical (unpaired) electrons. The van der Waals surface area contributed by atoms with E-state index in [1.165, 1.54) is 30.4 Å². The first-order valence-electron chi connectivity index (χ1n) is 6.96. The van der Waals surface area contributed by atoms with E-state index in [2.05, 4.69) is 10.3 Å². The van der Waals surface area contributed by atoms with Gasteiger partial charge in [0.25, 0.3) is 0 Å². The van der Waals surface area contributed by atoms with Crippen molar-refractivity contribution in [1.29, 1.82) is 0 Å². The van der Waals surface area contributed by atoms with Crippen molar-refractivity contribution in [2.75, 3.05) is 6.54 Å². The van der Waals surface area contributed by atoms with Crippen LogP contribution in [0.3, 0.4) is 0 Å². The van der Waals surface area contributed by atoms with Gasteiger partial charge in [-0.15, -0.1) is 0 Å². The number of benzene rings is 1. The molecule has 0 spiro atoms. The summed E-state index contributed by atoms with van der Waals surface area (Å²) >= 11 is 1.32. The summed E-state index contributed by atoms with van der Waals surface area (Å²) < 4.78 is 39.5. The van der Waals surface area contributed by atoms with Gasteiger partial charge in [0.1, 0.15) is 0 Å². The Balaban J connectivity index is 2.44. The third kappa shape index (κ3) is 4.52. The number of hydrogen-bond donors (Lipinski definition) is 1. The Bertz CT molecular complexity index is 745. The first-order chi connectivity index (χ1) is 10.8. The van der Waals surface area contributed by atoms with E-state index in [0.29, 0.717) is 17.0 Å². The van der Waals surface area contributed by atoms with Gasteiger partial charge in [-0.05, 0) is 30.8 Å². The van der Waals surface area contributed by atoms with Gasteiger partial charge in [0.2, 0.25) is 5.91 Å². The number of nitrogens with one attached hydrogen (secondary N) is 1. The van der Waals surface area contributed by atoms with Crippen molar-refractivity contribution in [2.45, 2.75) is 26.6 Å². The van der Waals surface area contributed by atoms with Crippen LogP contribution in [0.25, 0.3) is 5.69 Å². The van der Waals surface area contributed by atoms with Gasteiger partial charge in [0.05, 0.1) is 5.56 Å². The quantitative estimate of drug-likeness (QED) is 0.927. The lowest BCUT2D eigenvalue weighted by Gasteiger charge is -2.08. The van der Waals surface area contributed by atoms with Gasteiger partial charge in [-0.2, -0.15) is 18.2 Å². The third-order valence-electron chi connectivity index (χ3n) is 2.98. The normalized spacial score (nSPS) is 12.7. The molecule has 1 heterocycles. The topological polar surface area (TPSA) is 46.4 Å². The molecule has 0 fully saturated rings. The molecular weight excluding hydrogens is 327 g/mol. The molecule has 2 aromatic rings. The number of rotatable bonds is 4. The van der Waals surface area contributed by atoms with Gasteiger partial charge in [-0.3, -0.25) is 9.36 Å². The molecule has 0 aliphatic heterocycles. The van der Waals surface area contributed by atoms with Gasteiger partial charge in [0.15, 0.2) is 4.80 Å². The van der Waals surface area contributed by atoms with Crippen LogP contribution >= 0.6 is 11.3 Å². The lowest BCUT2D eigenvalue weighted by atomic mass is 10.2. The van der Waals surface area contributed by atoms with Crippen LogP contribution in [0.4, 0.5) is 13.2 Å². The average molecular weight is 343 g/mol. The lowest BCUT2D eigenvalue weighted by molar-refractivity contribution is -0.137. The van der Waals surface area contributed by atoms with Crippen molar-refractivity contribution in [3.8, 4) is 5.69 Å². The molecule has 0 bridgehead atoms. The molecule has 0 unspecified atom stereocenters. The van der Waals surface area contributed by atoms with Crippen molar-refractivity contribution in [3.63, 3.8) is 0 Å². The minimum atomic E-state index is -4.37. The fourth-order valence-corrected chi connectivity index (χ4v) is 2.93. The second-order valence-corrected chi connectivity index (χ2v) is 5.90. The average Bonchev–Trinajstić information content (AvgIpc) is 2.86. The van der Waals surface area contributed by atoms with Gasteiger partial charge >= 0.3 is 6.18 Å². The highest BCUT2D eigenvalue weighted by Gasteiger charge is 2.30. The molecule has 8 heteroatoms. The Morgan fingerprint density at radius 1 is 1.30 bits per heavy atom. The maximum absolute atomic E-state index is 12.6. The summed E-state index contributed by atoms with van der Waals surface area (Å²) in [7, 11) is 0. The van der Waals surface area contributed by atoms with E-state index in [-0.39, 0.29) is 5.91 Å². The van der Waals surface area contributed by atoms with Crippen molar-refractivity contribution in [1.82, 2.24) is 9.88 Å². The zero-order valence-electron chi connectivity index (χ0n) is 12.6. The zero-order valence-corrected chi connectivity index (χ0v) is 13.5. The summed E-state index contributed by atoms with van der Waals surface area (Å²) in [5.41, 5.74) is -0.188. The zero-order chi connectivity index (χ0) is 17.0. The number of aromatic nitrogens is 1. The highest BCUT2D eigenvalue weighted by atomic mass is 32.1. The molecule has 23 heavy (non-hydrogen) atoms. The van der Waals surface area contributed by atoms with E-state index in [1.54, 1.807) is 10.8 Å². The number of carbonyl (C=O) groups excluding carboxylic acids is 1. The Morgan fingerprint density at radius 3 is 2.48 bits per heavy atom. The van der Waals surface area contributed by atoms with Crippen molar-refractivity contribution in [2.24, 2.45) is 4.99 Å². The second-order valence-electron chi connectivity index (χ2n) is 4.81.